The molecule has 2 aromatic heterocycles. The molecule has 3 heterocycles. The number of hydrogen-bond donors (Lipinski definition) is 0. The number of rotatable bonds is 3. The van der Waals surface area contributed by atoms with Gasteiger partial charge in [-0.05, 0) is 37.6 Å². The fourth-order valence-electron chi connectivity index (χ4n) is 3.19. The van der Waals surface area contributed by atoms with Gasteiger partial charge in [0.1, 0.15) is 6.10 Å². The summed E-state index contributed by atoms with van der Waals surface area (Å²) in [4.78, 5) is 2.22. The monoisotopic (exact) mass is 335 g/mol. The minimum atomic E-state index is 0.0624. The third-order valence-corrected chi connectivity index (χ3v) is 4.42. The van der Waals surface area contributed by atoms with Gasteiger partial charge in [-0.3, -0.25) is 0 Å². The third-order valence-electron chi connectivity index (χ3n) is 4.42. The molecule has 1 atom stereocenters. The Morgan fingerprint density at radius 2 is 1.76 bits per heavy atom. The van der Waals surface area contributed by atoms with Gasteiger partial charge in [-0.15, -0.1) is 10.2 Å². The predicted molar refractivity (Wildman–Crippen MR) is 96.0 cm³/mol. The van der Waals surface area contributed by atoms with Crippen molar-refractivity contribution < 1.29 is 4.74 Å². The topological polar surface area (TPSA) is 56.1 Å². The van der Waals surface area contributed by atoms with Gasteiger partial charge in [0.15, 0.2) is 11.6 Å². The van der Waals surface area contributed by atoms with Gasteiger partial charge in [-0.2, -0.15) is 5.10 Å². The zero-order valence-electron chi connectivity index (χ0n) is 14.5. The Balaban J connectivity index is 1.53. The van der Waals surface area contributed by atoms with Gasteiger partial charge < -0.3 is 9.64 Å². The Morgan fingerprint density at radius 3 is 2.44 bits per heavy atom. The van der Waals surface area contributed by atoms with Crippen LogP contribution in [0.25, 0.3) is 5.82 Å². The van der Waals surface area contributed by atoms with Crippen LogP contribution in [0.15, 0.2) is 48.5 Å². The molecule has 0 saturated carbocycles. The van der Waals surface area contributed by atoms with E-state index in [9.17, 15) is 0 Å². The van der Waals surface area contributed by atoms with Crippen molar-refractivity contribution in [3.05, 3.63) is 65.5 Å². The molecule has 3 aromatic rings. The van der Waals surface area contributed by atoms with E-state index in [2.05, 4.69) is 32.3 Å². The van der Waals surface area contributed by atoms with Crippen molar-refractivity contribution >= 4 is 5.82 Å². The first-order valence-corrected chi connectivity index (χ1v) is 8.49. The number of aryl methyl sites for hydroxylation is 2. The zero-order valence-corrected chi connectivity index (χ0v) is 14.5. The normalized spacial score (nSPS) is 17.7. The molecule has 1 aromatic carbocycles. The fraction of sp³-hybridized carbons (Fsp3) is 0.316. The van der Waals surface area contributed by atoms with Gasteiger partial charge in [-0.1, -0.05) is 30.3 Å². The van der Waals surface area contributed by atoms with Crippen molar-refractivity contribution in [2.45, 2.75) is 20.0 Å². The van der Waals surface area contributed by atoms with Crippen LogP contribution >= 0.6 is 0 Å². The lowest BCUT2D eigenvalue weighted by Crippen LogP contribution is -2.39. The first kappa shape index (κ1) is 15.8. The van der Waals surface area contributed by atoms with Crippen LogP contribution in [0.5, 0.6) is 0 Å². The maximum Gasteiger partial charge on any atom is 0.176 e. The van der Waals surface area contributed by atoms with Gasteiger partial charge in [-0.25, -0.2) is 4.68 Å². The van der Waals surface area contributed by atoms with Crippen LogP contribution in [0.3, 0.4) is 0 Å². The SMILES string of the molecule is Cc1cc(C)n(-c2ccc(N3CCOC(c4ccccc4)C3)nn2)n1. The summed E-state index contributed by atoms with van der Waals surface area (Å²) < 4.78 is 7.74. The molecule has 1 unspecified atom stereocenters. The van der Waals surface area contributed by atoms with E-state index >= 15 is 0 Å². The second kappa shape index (κ2) is 6.64. The smallest absolute Gasteiger partial charge is 0.176 e. The molecule has 1 fully saturated rings. The van der Waals surface area contributed by atoms with Crippen LogP contribution in [-0.4, -0.2) is 39.7 Å². The van der Waals surface area contributed by atoms with E-state index in [1.807, 2.05) is 54.9 Å². The Bertz CT molecular complexity index is 844. The lowest BCUT2D eigenvalue weighted by molar-refractivity contribution is 0.0395. The second-order valence-electron chi connectivity index (χ2n) is 6.30. The molecule has 0 radical (unpaired) electrons. The first-order chi connectivity index (χ1) is 12.2. The quantitative estimate of drug-likeness (QED) is 0.737. The van der Waals surface area contributed by atoms with Crippen molar-refractivity contribution in [1.82, 2.24) is 20.0 Å². The summed E-state index contributed by atoms with van der Waals surface area (Å²) in [6.07, 6.45) is 0.0624. The number of ether oxygens (including phenoxy) is 1. The molecule has 6 heteroatoms. The predicted octanol–water partition coefficient (Wildman–Crippen LogP) is 2.86. The average Bonchev–Trinajstić information content (AvgIpc) is 3.01. The minimum absolute atomic E-state index is 0.0624. The Hall–Kier alpha value is -2.73. The Morgan fingerprint density at radius 1 is 1.00 bits per heavy atom. The first-order valence-electron chi connectivity index (χ1n) is 8.49. The summed E-state index contributed by atoms with van der Waals surface area (Å²) in [6, 6.07) is 16.3. The zero-order chi connectivity index (χ0) is 17.2. The van der Waals surface area contributed by atoms with E-state index in [-0.39, 0.29) is 6.10 Å². The molecular weight excluding hydrogens is 314 g/mol. The third kappa shape index (κ3) is 3.25. The van der Waals surface area contributed by atoms with Crippen LogP contribution in [0.4, 0.5) is 5.82 Å². The van der Waals surface area contributed by atoms with E-state index in [1.165, 1.54) is 5.56 Å². The molecule has 6 nitrogen and oxygen atoms in total. The summed E-state index contributed by atoms with van der Waals surface area (Å²) in [5.41, 5.74) is 3.22. The summed E-state index contributed by atoms with van der Waals surface area (Å²) in [7, 11) is 0. The minimum Gasteiger partial charge on any atom is -0.370 e. The molecule has 25 heavy (non-hydrogen) atoms. The number of benzene rings is 1. The van der Waals surface area contributed by atoms with Crippen molar-refractivity contribution in [1.29, 1.82) is 0 Å². The van der Waals surface area contributed by atoms with E-state index in [4.69, 9.17) is 4.74 Å². The van der Waals surface area contributed by atoms with Crippen molar-refractivity contribution in [3.8, 4) is 5.82 Å². The lowest BCUT2D eigenvalue weighted by Gasteiger charge is -2.33. The molecule has 4 rings (SSSR count). The highest BCUT2D eigenvalue weighted by Crippen LogP contribution is 2.25. The molecule has 0 N–H and O–H groups in total. The summed E-state index contributed by atoms with van der Waals surface area (Å²) in [6.45, 7) is 6.26. The summed E-state index contributed by atoms with van der Waals surface area (Å²) in [5.74, 6) is 1.61. The van der Waals surface area contributed by atoms with Gasteiger partial charge >= 0.3 is 0 Å². The van der Waals surface area contributed by atoms with E-state index in [0.29, 0.717) is 6.61 Å². The summed E-state index contributed by atoms with van der Waals surface area (Å²) >= 11 is 0. The van der Waals surface area contributed by atoms with E-state index < -0.39 is 0 Å². The highest BCUT2D eigenvalue weighted by molar-refractivity contribution is 5.41. The number of anilines is 1. The van der Waals surface area contributed by atoms with Gasteiger partial charge in [0.05, 0.1) is 12.3 Å². The molecule has 1 aliphatic rings. The van der Waals surface area contributed by atoms with E-state index in [0.717, 1.165) is 36.1 Å². The fourth-order valence-corrected chi connectivity index (χ4v) is 3.19. The van der Waals surface area contributed by atoms with Crippen molar-refractivity contribution in [3.63, 3.8) is 0 Å². The standard InChI is InChI=1S/C19H21N5O/c1-14-12-15(2)24(22-14)19-9-8-18(20-21-19)23-10-11-25-17(13-23)16-6-4-3-5-7-16/h3-9,12,17H,10-11,13H2,1-2H3. The molecule has 128 valence electrons. The second-order valence-corrected chi connectivity index (χ2v) is 6.30. The molecular formula is C19H21N5O. The average molecular weight is 335 g/mol. The molecule has 0 amide bonds. The van der Waals surface area contributed by atoms with Gasteiger partial charge in [0.25, 0.3) is 0 Å². The molecule has 1 aliphatic heterocycles. The molecule has 0 aliphatic carbocycles. The van der Waals surface area contributed by atoms with Crippen LogP contribution in [-0.2, 0) is 4.74 Å². The highest BCUT2D eigenvalue weighted by atomic mass is 16.5. The van der Waals surface area contributed by atoms with Crippen LogP contribution in [0.1, 0.15) is 23.1 Å². The molecule has 0 bridgehead atoms. The number of aromatic nitrogens is 4. The van der Waals surface area contributed by atoms with Crippen LogP contribution in [0, 0.1) is 13.8 Å². The van der Waals surface area contributed by atoms with Gasteiger partial charge in [0.2, 0.25) is 0 Å². The van der Waals surface area contributed by atoms with Crippen molar-refractivity contribution in [2.24, 2.45) is 0 Å². The van der Waals surface area contributed by atoms with Crippen molar-refractivity contribution in [2.75, 3.05) is 24.6 Å². The van der Waals surface area contributed by atoms with Crippen LogP contribution < -0.4 is 4.90 Å². The highest BCUT2D eigenvalue weighted by Gasteiger charge is 2.23. The maximum absolute atomic E-state index is 5.92. The van der Waals surface area contributed by atoms with E-state index in [1.54, 1.807) is 0 Å². The van der Waals surface area contributed by atoms with Gasteiger partial charge in [0, 0.05) is 18.8 Å². The number of hydrogen-bond acceptors (Lipinski definition) is 5. The lowest BCUT2D eigenvalue weighted by atomic mass is 10.1. The number of nitrogens with zero attached hydrogens (tertiary/aromatic N) is 5. The van der Waals surface area contributed by atoms with Crippen LogP contribution in [0.2, 0.25) is 0 Å². The largest absolute Gasteiger partial charge is 0.370 e. The molecule has 1 saturated heterocycles. The number of morpholine rings is 1. The molecule has 0 spiro atoms. The Labute approximate surface area is 147 Å². The maximum atomic E-state index is 5.92. The summed E-state index contributed by atoms with van der Waals surface area (Å²) in [5, 5.41) is 13.2. The Kier molecular flexibility index (Phi) is 4.19.